The normalized spacial score (nSPS) is 10.8. The van der Waals surface area contributed by atoms with E-state index in [2.05, 4.69) is 57.1 Å². The first-order valence-electron chi connectivity index (χ1n) is 10.7. The molecule has 4 rings (SSSR count). The molecule has 0 radical (unpaired) electrons. The van der Waals surface area contributed by atoms with Gasteiger partial charge in [-0.15, -0.1) is 0 Å². The number of nitrogens with zero attached hydrogens (tertiary/aromatic N) is 4. The first-order chi connectivity index (χ1) is 15.4. The summed E-state index contributed by atoms with van der Waals surface area (Å²) >= 11 is 0. The molecule has 6 heteroatoms. The average molecular weight is 413 g/mol. The smallest absolute Gasteiger partial charge is 0.125 e. The summed E-state index contributed by atoms with van der Waals surface area (Å²) in [5.41, 5.74) is 4.47. The number of hydrogen-bond donors (Lipinski definition) is 2. The van der Waals surface area contributed by atoms with Crippen LogP contribution < -0.4 is 10.6 Å². The van der Waals surface area contributed by atoms with Crippen molar-refractivity contribution in [3.63, 3.8) is 0 Å². The predicted octanol–water partition coefficient (Wildman–Crippen LogP) is 4.37. The largest absolute Gasteiger partial charge is 0.370 e. The topological polar surface area (TPSA) is 67.7 Å². The summed E-state index contributed by atoms with van der Waals surface area (Å²) in [5.74, 6) is 0.933. The molecule has 3 aromatic heterocycles. The summed E-state index contributed by atoms with van der Waals surface area (Å²) in [6.07, 6.45) is 9.81. The molecule has 158 valence electrons. The molecule has 0 unspecified atom stereocenters. The molecule has 2 N–H and O–H groups in total. The molecule has 3 heterocycles. The molecule has 0 atom stereocenters. The molecule has 0 aliphatic rings. The second-order valence-electron chi connectivity index (χ2n) is 7.45. The summed E-state index contributed by atoms with van der Waals surface area (Å²) < 4.78 is 2.02. The molecule has 0 spiro atoms. The zero-order valence-electron chi connectivity index (χ0n) is 17.6. The van der Waals surface area contributed by atoms with Crippen LogP contribution in [0.3, 0.4) is 0 Å². The summed E-state index contributed by atoms with van der Waals surface area (Å²) in [6, 6.07) is 20.3. The molecular formula is C25H28N6. The monoisotopic (exact) mass is 412 g/mol. The number of benzene rings is 1. The van der Waals surface area contributed by atoms with Gasteiger partial charge in [-0.25, -0.2) is 4.98 Å². The van der Waals surface area contributed by atoms with Crippen molar-refractivity contribution in [3.8, 4) is 11.3 Å². The van der Waals surface area contributed by atoms with E-state index in [1.54, 1.807) is 6.20 Å². The van der Waals surface area contributed by atoms with Crippen LogP contribution in [0.4, 0.5) is 5.82 Å². The fourth-order valence-corrected chi connectivity index (χ4v) is 3.47. The van der Waals surface area contributed by atoms with E-state index in [4.69, 9.17) is 5.10 Å². The summed E-state index contributed by atoms with van der Waals surface area (Å²) in [5, 5.41) is 11.8. The summed E-state index contributed by atoms with van der Waals surface area (Å²) in [7, 11) is 0. The van der Waals surface area contributed by atoms with Crippen molar-refractivity contribution >= 4 is 5.82 Å². The minimum Gasteiger partial charge on any atom is -0.370 e. The van der Waals surface area contributed by atoms with E-state index in [1.807, 2.05) is 47.4 Å². The molecule has 0 aliphatic carbocycles. The van der Waals surface area contributed by atoms with Gasteiger partial charge in [0.1, 0.15) is 5.82 Å². The van der Waals surface area contributed by atoms with Gasteiger partial charge in [0.2, 0.25) is 0 Å². The highest BCUT2D eigenvalue weighted by molar-refractivity contribution is 5.61. The SMILES string of the molecule is c1ccc(Cn2cc(CNCCCCNc3ccccn3)c(-c3cccnc3)n2)cc1. The van der Waals surface area contributed by atoms with Gasteiger partial charge in [-0.05, 0) is 49.2 Å². The third-order valence-electron chi connectivity index (χ3n) is 5.03. The minimum absolute atomic E-state index is 0.757. The second-order valence-corrected chi connectivity index (χ2v) is 7.45. The Morgan fingerprint density at radius 3 is 2.52 bits per heavy atom. The Bertz CT molecular complexity index is 1030. The molecule has 0 saturated heterocycles. The summed E-state index contributed by atoms with van der Waals surface area (Å²) in [6.45, 7) is 3.43. The number of anilines is 1. The first kappa shape index (κ1) is 20.8. The lowest BCUT2D eigenvalue weighted by molar-refractivity contribution is 0.631. The van der Waals surface area contributed by atoms with Crippen molar-refractivity contribution in [2.75, 3.05) is 18.4 Å². The Labute approximate surface area is 183 Å². The molecule has 0 bridgehead atoms. The van der Waals surface area contributed by atoms with Gasteiger partial charge in [-0.1, -0.05) is 36.4 Å². The molecule has 0 fully saturated rings. The lowest BCUT2D eigenvalue weighted by Crippen LogP contribution is -2.16. The molecule has 4 aromatic rings. The van der Waals surface area contributed by atoms with Crippen LogP contribution in [-0.4, -0.2) is 32.8 Å². The lowest BCUT2D eigenvalue weighted by Gasteiger charge is -2.07. The number of unbranched alkanes of at least 4 members (excludes halogenated alkanes) is 1. The van der Waals surface area contributed by atoms with Gasteiger partial charge in [0.05, 0.1) is 12.2 Å². The predicted molar refractivity (Wildman–Crippen MR) is 125 cm³/mol. The Hall–Kier alpha value is -3.51. The highest BCUT2D eigenvalue weighted by Crippen LogP contribution is 2.21. The van der Waals surface area contributed by atoms with Crippen LogP contribution in [0.25, 0.3) is 11.3 Å². The highest BCUT2D eigenvalue weighted by atomic mass is 15.3. The maximum absolute atomic E-state index is 4.86. The van der Waals surface area contributed by atoms with Crippen molar-refractivity contribution in [3.05, 3.63) is 96.6 Å². The van der Waals surface area contributed by atoms with Crippen LogP contribution >= 0.6 is 0 Å². The van der Waals surface area contributed by atoms with Gasteiger partial charge < -0.3 is 10.6 Å². The molecule has 6 nitrogen and oxygen atoms in total. The van der Waals surface area contributed by atoms with Crippen LogP contribution in [0.15, 0.2) is 85.5 Å². The van der Waals surface area contributed by atoms with Crippen molar-refractivity contribution < 1.29 is 0 Å². The van der Waals surface area contributed by atoms with E-state index in [0.717, 1.165) is 56.1 Å². The molecule has 0 aliphatic heterocycles. The van der Waals surface area contributed by atoms with Crippen LogP contribution in [0, 0.1) is 0 Å². The molecular weight excluding hydrogens is 384 g/mol. The number of pyridine rings is 2. The van der Waals surface area contributed by atoms with Gasteiger partial charge in [0, 0.05) is 49.0 Å². The number of aromatic nitrogens is 4. The van der Waals surface area contributed by atoms with Gasteiger partial charge in [-0.3, -0.25) is 9.67 Å². The Morgan fingerprint density at radius 2 is 1.71 bits per heavy atom. The van der Waals surface area contributed by atoms with E-state index in [9.17, 15) is 0 Å². The fourth-order valence-electron chi connectivity index (χ4n) is 3.47. The van der Waals surface area contributed by atoms with Crippen LogP contribution in [0.1, 0.15) is 24.0 Å². The van der Waals surface area contributed by atoms with Crippen molar-refractivity contribution in [1.82, 2.24) is 25.1 Å². The van der Waals surface area contributed by atoms with E-state index >= 15 is 0 Å². The maximum Gasteiger partial charge on any atom is 0.125 e. The van der Waals surface area contributed by atoms with E-state index in [0.29, 0.717) is 0 Å². The van der Waals surface area contributed by atoms with Gasteiger partial charge in [-0.2, -0.15) is 5.10 Å². The van der Waals surface area contributed by atoms with Crippen molar-refractivity contribution in [2.24, 2.45) is 0 Å². The minimum atomic E-state index is 0.757. The van der Waals surface area contributed by atoms with Crippen molar-refractivity contribution in [1.29, 1.82) is 0 Å². The van der Waals surface area contributed by atoms with E-state index in [1.165, 1.54) is 11.1 Å². The highest BCUT2D eigenvalue weighted by Gasteiger charge is 2.11. The Kier molecular flexibility index (Phi) is 7.39. The number of nitrogens with one attached hydrogen (secondary N) is 2. The molecule has 1 aromatic carbocycles. The standard InChI is InChI=1S/C25H28N6/c1-2-9-21(10-3-1)19-31-20-23(25(30-31)22-11-8-14-27-17-22)18-26-13-6-7-16-29-24-12-4-5-15-28-24/h1-5,8-12,14-15,17,20,26H,6-7,13,16,18-19H2,(H,28,29). The fraction of sp³-hybridized carbons (Fsp3) is 0.240. The molecule has 0 amide bonds. The van der Waals surface area contributed by atoms with Gasteiger partial charge in [0.15, 0.2) is 0 Å². The third kappa shape index (κ3) is 6.23. The van der Waals surface area contributed by atoms with Gasteiger partial charge >= 0.3 is 0 Å². The zero-order chi connectivity index (χ0) is 21.1. The summed E-state index contributed by atoms with van der Waals surface area (Å²) in [4.78, 5) is 8.55. The Balaban J connectivity index is 1.31. The zero-order valence-corrected chi connectivity index (χ0v) is 17.6. The van der Waals surface area contributed by atoms with Crippen molar-refractivity contribution in [2.45, 2.75) is 25.9 Å². The second kappa shape index (κ2) is 11.0. The van der Waals surface area contributed by atoms with Gasteiger partial charge in [0.25, 0.3) is 0 Å². The lowest BCUT2D eigenvalue weighted by atomic mass is 10.1. The number of rotatable bonds is 11. The van der Waals surface area contributed by atoms with E-state index < -0.39 is 0 Å². The quantitative estimate of drug-likeness (QED) is 0.358. The van der Waals surface area contributed by atoms with E-state index in [-0.39, 0.29) is 0 Å². The van der Waals surface area contributed by atoms with Crippen LogP contribution in [0.2, 0.25) is 0 Å². The Morgan fingerprint density at radius 1 is 0.839 bits per heavy atom. The third-order valence-corrected chi connectivity index (χ3v) is 5.03. The maximum atomic E-state index is 4.86. The number of hydrogen-bond acceptors (Lipinski definition) is 5. The average Bonchev–Trinajstić information content (AvgIpc) is 3.23. The molecule has 0 saturated carbocycles. The molecule has 31 heavy (non-hydrogen) atoms. The first-order valence-corrected chi connectivity index (χ1v) is 10.7. The van der Waals surface area contributed by atoms with Crippen LogP contribution in [0.5, 0.6) is 0 Å². The van der Waals surface area contributed by atoms with Crippen LogP contribution in [-0.2, 0) is 13.1 Å².